The van der Waals surface area contributed by atoms with Crippen molar-refractivity contribution < 1.29 is 4.79 Å². The van der Waals surface area contributed by atoms with Crippen LogP contribution in [0.5, 0.6) is 0 Å². The Morgan fingerprint density at radius 1 is 1.38 bits per heavy atom. The third kappa shape index (κ3) is 4.97. The largest absolute Gasteiger partial charge is 0.381 e. The van der Waals surface area contributed by atoms with Gasteiger partial charge in [0.05, 0.1) is 10.4 Å². The van der Waals surface area contributed by atoms with Gasteiger partial charge >= 0.3 is 0 Å². The Balaban J connectivity index is 0.000000212. The Hall–Kier alpha value is -4.03. The van der Waals surface area contributed by atoms with Gasteiger partial charge in [0.2, 0.25) is 0 Å². The van der Waals surface area contributed by atoms with E-state index < -0.39 is 5.91 Å². The van der Waals surface area contributed by atoms with E-state index in [1.54, 1.807) is 16.8 Å². The molecule has 13 heteroatoms. The van der Waals surface area contributed by atoms with E-state index in [1.165, 1.54) is 4.68 Å². The first-order valence-electron chi connectivity index (χ1n) is 10.4. The molecule has 0 aliphatic carbocycles. The lowest BCUT2D eigenvalue weighted by atomic mass is 10.1. The third-order valence-corrected chi connectivity index (χ3v) is 5.56. The summed E-state index contributed by atoms with van der Waals surface area (Å²) in [6.07, 6.45) is 4.78. The van der Waals surface area contributed by atoms with Crippen LogP contribution in [-0.4, -0.2) is 32.6 Å². The highest BCUT2D eigenvalue weighted by Crippen LogP contribution is 2.23. The molecule has 1 aliphatic heterocycles. The van der Waals surface area contributed by atoms with Crippen molar-refractivity contribution in [3.63, 3.8) is 0 Å². The number of amidine groups is 1. The van der Waals surface area contributed by atoms with Crippen LogP contribution in [0.1, 0.15) is 29.4 Å². The Morgan fingerprint density at radius 3 is 2.79 bits per heavy atom. The van der Waals surface area contributed by atoms with Crippen LogP contribution in [0.2, 0.25) is 5.02 Å². The number of hydrogen-bond acceptors (Lipinski definition) is 8. The number of nitrogens with zero attached hydrogens (tertiary/aromatic N) is 4. The molecule has 0 radical (unpaired) electrons. The second-order valence-electron chi connectivity index (χ2n) is 7.30. The number of hydrazine groups is 1. The van der Waals surface area contributed by atoms with Crippen LogP contribution in [-0.2, 0) is 13.0 Å². The monoisotopic (exact) mass is 486 g/mol. The van der Waals surface area contributed by atoms with Crippen molar-refractivity contribution in [2.45, 2.75) is 26.3 Å². The molecule has 1 amide bonds. The van der Waals surface area contributed by atoms with E-state index >= 15 is 0 Å². The first-order valence-corrected chi connectivity index (χ1v) is 10.8. The molecule has 0 atom stereocenters. The number of nitrogen functional groups attached to an aromatic ring is 1. The number of nitrogens with one attached hydrogen (secondary N) is 2. The van der Waals surface area contributed by atoms with E-state index in [9.17, 15) is 9.59 Å². The average Bonchev–Trinajstić information content (AvgIpc) is 3.16. The lowest BCUT2D eigenvalue weighted by Crippen LogP contribution is -2.34. The molecule has 1 aliphatic rings. The van der Waals surface area contributed by atoms with E-state index in [4.69, 9.17) is 34.8 Å². The average molecular weight is 487 g/mol. The summed E-state index contributed by atoms with van der Waals surface area (Å²) in [6.45, 7) is 3.08. The van der Waals surface area contributed by atoms with Crippen LogP contribution in [0.15, 0.2) is 40.2 Å². The number of primary amides is 1. The molecule has 0 spiro atoms. The number of fused-ring (bicyclic) bond motifs is 2. The number of nitrogens with two attached hydrogens (primary N) is 4. The van der Waals surface area contributed by atoms with Gasteiger partial charge in [-0.15, -0.1) is 5.10 Å². The standard InChI is InChI=1S/C14H18ClN5O.C7H9N5O/c1-2-10-8-9-4-3-5-11(15)13(9)14(21)20(10)7-6-12(18-16)19-17;8-5-4(6(9)13)7-10-2-1-3-12(7)11-5/h3-5,8H,2,6-7,16-17H2,1H3,(H,18,19);1,3,10H,2H2,(H2,8,11)(H2,9,13). The number of pyridine rings is 1. The van der Waals surface area contributed by atoms with Crippen LogP contribution in [0, 0.1) is 0 Å². The van der Waals surface area contributed by atoms with Gasteiger partial charge in [-0.25, -0.2) is 10.5 Å². The fourth-order valence-electron chi connectivity index (χ4n) is 3.62. The summed E-state index contributed by atoms with van der Waals surface area (Å²) in [6, 6.07) is 7.43. The molecule has 10 N–H and O–H groups in total. The van der Waals surface area contributed by atoms with Gasteiger partial charge < -0.3 is 32.6 Å². The van der Waals surface area contributed by atoms with Crippen LogP contribution < -0.4 is 39.5 Å². The Bertz CT molecular complexity index is 1330. The number of rotatable bonds is 5. The van der Waals surface area contributed by atoms with Gasteiger partial charge in [0, 0.05) is 31.4 Å². The number of hydrazone groups is 1. The molecular weight excluding hydrogens is 460 g/mol. The van der Waals surface area contributed by atoms with Crippen LogP contribution in [0.3, 0.4) is 0 Å². The van der Waals surface area contributed by atoms with Crippen molar-refractivity contribution in [1.82, 2.24) is 19.8 Å². The van der Waals surface area contributed by atoms with E-state index in [1.807, 2.05) is 31.2 Å². The number of aryl methyl sites for hydroxylation is 1. The fraction of sp³-hybridized carbons (Fsp3) is 0.238. The third-order valence-electron chi connectivity index (χ3n) is 5.25. The second kappa shape index (κ2) is 10.7. The van der Waals surface area contributed by atoms with Crippen molar-refractivity contribution in [2.24, 2.45) is 22.5 Å². The highest BCUT2D eigenvalue weighted by Gasteiger charge is 2.20. The summed E-state index contributed by atoms with van der Waals surface area (Å²) < 4.78 is 3.19. The van der Waals surface area contributed by atoms with Crippen molar-refractivity contribution >= 4 is 52.0 Å². The quantitative estimate of drug-likeness (QED) is 0.132. The van der Waals surface area contributed by atoms with E-state index in [0.29, 0.717) is 41.6 Å². The van der Waals surface area contributed by atoms with Gasteiger partial charge in [0.1, 0.15) is 17.2 Å². The van der Waals surface area contributed by atoms with Gasteiger partial charge in [-0.2, -0.15) is 5.10 Å². The first kappa shape index (κ1) is 24.6. The zero-order valence-corrected chi connectivity index (χ0v) is 19.3. The second-order valence-corrected chi connectivity index (χ2v) is 7.71. The number of carbonyl (C=O) groups excluding carboxylic acids is 1. The zero-order valence-electron chi connectivity index (χ0n) is 18.6. The number of benzene rings is 1. The summed E-state index contributed by atoms with van der Waals surface area (Å²) in [5, 5.41) is 12.2. The van der Waals surface area contributed by atoms with Crippen LogP contribution >= 0.6 is 11.6 Å². The molecule has 34 heavy (non-hydrogen) atoms. The number of aromatic nitrogens is 3. The first-order chi connectivity index (χ1) is 16.3. The highest BCUT2D eigenvalue weighted by atomic mass is 35.5. The van der Waals surface area contributed by atoms with Crippen LogP contribution in [0.25, 0.3) is 17.0 Å². The molecule has 0 saturated carbocycles. The molecule has 0 fully saturated rings. The maximum atomic E-state index is 12.7. The molecule has 0 bridgehead atoms. The topological polar surface area (TPSA) is 197 Å². The predicted octanol–water partition coefficient (Wildman–Crippen LogP) is 0.803. The summed E-state index contributed by atoms with van der Waals surface area (Å²) in [7, 11) is 0. The molecule has 3 heterocycles. The molecule has 3 aromatic rings. The van der Waals surface area contributed by atoms with Crippen molar-refractivity contribution in [2.75, 3.05) is 17.6 Å². The van der Waals surface area contributed by atoms with Crippen LogP contribution in [0.4, 0.5) is 11.6 Å². The molecule has 180 valence electrons. The predicted molar refractivity (Wildman–Crippen MR) is 135 cm³/mol. The minimum atomic E-state index is -0.568. The maximum absolute atomic E-state index is 12.7. The molecular formula is C21H27ClN10O2. The van der Waals surface area contributed by atoms with Gasteiger partial charge in [-0.3, -0.25) is 9.59 Å². The van der Waals surface area contributed by atoms with Gasteiger partial charge in [0.25, 0.3) is 11.5 Å². The molecule has 4 rings (SSSR count). The number of anilines is 2. The SMILES string of the molecule is CCc1cc2cccc(Cl)c2c(=O)n1CC/C(=N/N)NN.NC(=O)c1c(N)nn2c1NCC=C2. The zero-order chi connectivity index (χ0) is 24.8. The maximum Gasteiger partial charge on any atom is 0.260 e. The lowest BCUT2D eigenvalue weighted by molar-refractivity contribution is 0.100. The van der Waals surface area contributed by atoms with Gasteiger partial charge in [-0.1, -0.05) is 30.7 Å². The van der Waals surface area contributed by atoms with Crippen molar-refractivity contribution in [3.05, 3.63) is 57.0 Å². The molecule has 2 aromatic heterocycles. The number of halogens is 1. The molecule has 0 unspecified atom stereocenters. The minimum absolute atomic E-state index is 0.108. The van der Waals surface area contributed by atoms with Crippen molar-refractivity contribution in [1.29, 1.82) is 0 Å². The van der Waals surface area contributed by atoms with Gasteiger partial charge in [0.15, 0.2) is 5.82 Å². The fourth-order valence-corrected chi connectivity index (χ4v) is 3.88. The van der Waals surface area contributed by atoms with Crippen molar-refractivity contribution in [3.8, 4) is 0 Å². The van der Waals surface area contributed by atoms with Gasteiger partial charge in [-0.05, 0) is 30.0 Å². The summed E-state index contributed by atoms with van der Waals surface area (Å²) >= 11 is 6.16. The summed E-state index contributed by atoms with van der Waals surface area (Å²) in [4.78, 5) is 23.7. The van der Waals surface area contributed by atoms with E-state index in [-0.39, 0.29) is 16.9 Å². The van der Waals surface area contributed by atoms with E-state index in [2.05, 4.69) is 20.9 Å². The molecule has 0 saturated heterocycles. The molecule has 12 nitrogen and oxygen atoms in total. The smallest absolute Gasteiger partial charge is 0.260 e. The summed E-state index contributed by atoms with van der Waals surface area (Å²) in [5.41, 5.74) is 14.2. The summed E-state index contributed by atoms with van der Waals surface area (Å²) in [5.74, 6) is 11.1. The molecule has 1 aromatic carbocycles. The van der Waals surface area contributed by atoms with E-state index in [0.717, 1.165) is 17.5 Å². The number of hydrogen-bond donors (Lipinski definition) is 6. The minimum Gasteiger partial charge on any atom is -0.381 e. The highest BCUT2D eigenvalue weighted by molar-refractivity contribution is 6.35. The lowest BCUT2D eigenvalue weighted by Gasteiger charge is -2.14. The number of amides is 1. The normalized spacial score (nSPS) is 12.5. The Morgan fingerprint density at radius 2 is 2.15 bits per heavy atom. The number of carbonyl (C=O) groups is 1. The Kier molecular flexibility index (Phi) is 7.76. The Labute approximate surface area is 200 Å².